The Hall–Kier alpha value is -3.02. The summed E-state index contributed by atoms with van der Waals surface area (Å²) in [5.41, 5.74) is 1.77. The molecule has 0 bridgehead atoms. The summed E-state index contributed by atoms with van der Waals surface area (Å²) in [6, 6.07) is 15.1. The van der Waals surface area contributed by atoms with Gasteiger partial charge in [-0.05, 0) is 29.8 Å². The Bertz CT molecular complexity index is 792. The van der Waals surface area contributed by atoms with Crippen molar-refractivity contribution in [1.29, 1.82) is 0 Å². The van der Waals surface area contributed by atoms with Crippen molar-refractivity contribution in [1.82, 2.24) is 4.90 Å². The van der Waals surface area contributed by atoms with Crippen LogP contribution in [0.5, 0.6) is 11.5 Å². The Morgan fingerprint density at radius 3 is 2.50 bits per heavy atom. The van der Waals surface area contributed by atoms with E-state index >= 15 is 0 Å². The minimum absolute atomic E-state index is 0.0341. The van der Waals surface area contributed by atoms with E-state index in [1.807, 2.05) is 48.5 Å². The van der Waals surface area contributed by atoms with Gasteiger partial charge in [-0.1, -0.05) is 24.3 Å². The second-order valence-corrected chi connectivity index (χ2v) is 6.17. The summed E-state index contributed by atoms with van der Waals surface area (Å²) < 4.78 is 10.7. The van der Waals surface area contributed by atoms with Crippen LogP contribution >= 0.6 is 0 Å². The number of anilines is 1. The largest absolute Gasteiger partial charge is 0.454 e. The molecule has 0 aliphatic carbocycles. The third-order valence-corrected chi connectivity index (χ3v) is 4.37. The summed E-state index contributed by atoms with van der Waals surface area (Å²) in [7, 11) is 1.74. The van der Waals surface area contributed by atoms with Crippen LogP contribution in [0.4, 0.5) is 5.69 Å². The van der Waals surface area contributed by atoms with Crippen molar-refractivity contribution in [2.45, 2.75) is 19.9 Å². The first-order valence-electron chi connectivity index (χ1n) is 8.50. The first kappa shape index (κ1) is 17.8. The second kappa shape index (κ2) is 7.91. The smallest absolute Gasteiger partial charge is 0.231 e. The second-order valence-electron chi connectivity index (χ2n) is 6.17. The minimum atomic E-state index is -0.0715. The van der Waals surface area contributed by atoms with E-state index < -0.39 is 0 Å². The van der Waals surface area contributed by atoms with E-state index in [1.165, 1.54) is 6.92 Å². The van der Waals surface area contributed by atoms with Crippen molar-refractivity contribution in [2.75, 3.05) is 25.3 Å². The molecule has 0 radical (unpaired) electrons. The monoisotopic (exact) mass is 354 g/mol. The zero-order valence-corrected chi connectivity index (χ0v) is 15.0. The third-order valence-electron chi connectivity index (χ3n) is 4.37. The lowest BCUT2D eigenvalue weighted by atomic mass is 10.2. The van der Waals surface area contributed by atoms with Gasteiger partial charge in [0.15, 0.2) is 11.5 Å². The van der Waals surface area contributed by atoms with Gasteiger partial charge in [-0.15, -0.1) is 0 Å². The zero-order valence-electron chi connectivity index (χ0n) is 15.0. The molecule has 0 spiro atoms. The van der Waals surface area contributed by atoms with Crippen molar-refractivity contribution >= 4 is 17.5 Å². The molecule has 2 amide bonds. The van der Waals surface area contributed by atoms with Crippen molar-refractivity contribution in [3.8, 4) is 11.5 Å². The molecule has 0 aromatic heterocycles. The highest BCUT2D eigenvalue weighted by Crippen LogP contribution is 2.32. The van der Waals surface area contributed by atoms with Crippen molar-refractivity contribution < 1.29 is 19.1 Å². The van der Waals surface area contributed by atoms with E-state index in [-0.39, 0.29) is 25.0 Å². The molecule has 2 aromatic rings. The van der Waals surface area contributed by atoms with Crippen LogP contribution < -0.4 is 14.4 Å². The molecule has 1 heterocycles. The predicted molar refractivity (Wildman–Crippen MR) is 98.1 cm³/mol. The molecule has 136 valence electrons. The molecule has 3 rings (SSSR count). The predicted octanol–water partition coefficient (Wildman–Crippen LogP) is 2.82. The fraction of sp³-hybridized carbons (Fsp3) is 0.300. The average Bonchev–Trinajstić information content (AvgIpc) is 3.12. The lowest BCUT2D eigenvalue weighted by molar-refractivity contribution is -0.130. The highest BCUT2D eigenvalue weighted by atomic mass is 16.7. The molecule has 1 aliphatic rings. The van der Waals surface area contributed by atoms with Crippen molar-refractivity contribution in [3.05, 3.63) is 54.1 Å². The van der Waals surface area contributed by atoms with E-state index in [9.17, 15) is 9.59 Å². The summed E-state index contributed by atoms with van der Waals surface area (Å²) >= 11 is 0. The van der Waals surface area contributed by atoms with E-state index in [2.05, 4.69) is 0 Å². The van der Waals surface area contributed by atoms with Crippen LogP contribution in [0.2, 0.25) is 0 Å². The van der Waals surface area contributed by atoms with Crippen LogP contribution in [-0.2, 0) is 16.1 Å². The number of hydrogen-bond acceptors (Lipinski definition) is 4. The maximum absolute atomic E-state index is 12.4. The fourth-order valence-corrected chi connectivity index (χ4v) is 2.80. The maximum atomic E-state index is 12.4. The first-order chi connectivity index (χ1) is 12.5. The van der Waals surface area contributed by atoms with E-state index in [0.717, 1.165) is 11.3 Å². The number of amides is 2. The molecule has 0 atom stereocenters. The van der Waals surface area contributed by atoms with Crippen molar-refractivity contribution in [2.24, 2.45) is 0 Å². The van der Waals surface area contributed by atoms with Gasteiger partial charge < -0.3 is 19.3 Å². The van der Waals surface area contributed by atoms with E-state index in [1.54, 1.807) is 16.8 Å². The Morgan fingerprint density at radius 2 is 1.77 bits per heavy atom. The third kappa shape index (κ3) is 4.14. The Balaban J connectivity index is 1.60. The summed E-state index contributed by atoms with van der Waals surface area (Å²) in [5.74, 6) is 1.29. The number of fused-ring (bicyclic) bond motifs is 1. The van der Waals surface area contributed by atoms with Gasteiger partial charge in [0, 0.05) is 39.2 Å². The van der Waals surface area contributed by atoms with Crippen LogP contribution in [0.1, 0.15) is 18.9 Å². The van der Waals surface area contributed by atoms with Gasteiger partial charge in [-0.25, -0.2) is 0 Å². The molecular formula is C20H22N2O4. The molecule has 6 nitrogen and oxygen atoms in total. The molecule has 6 heteroatoms. The SMILES string of the molecule is CC(=O)N(CCC(=O)N(C)c1ccccc1)Cc1ccc2c(c1)OCO2. The fourth-order valence-electron chi connectivity index (χ4n) is 2.80. The number of benzene rings is 2. The zero-order chi connectivity index (χ0) is 18.5. The van der Waals surface area contributed by atoms with Gasteiger partial charge in [0.25, 0.3) is 0 Å². The summed E-state index contributed by atoms with van der Waals surface area (Å²) in [4.78, 5) is 27.7. The number of carbonyl (C=O) groups is 2. The minimum Gasteiger partial charge on any atom is -0.454 e. The van der Waals surface area contributed by atoms with Gasteiger partial charge in [0.05, 0.1) is 0 Å². The van der Waals surface area contributed by atoms with Crippen LogP contribution in [-0.4, -0.2) is 37.1 Å². The quantitative estimate of drug-likeness (QED) is 0.800. The number of nitrogens with zero attached hydrogens (tertiary/aromatic N) is 2. The van der Waals surface area contributed by atoms with Gasteiger partial charge in [-0.3, -0.25) is 9.59 Å². The van der Waals surface area contributed by atoms with E-state index in [4.69, 9.17) is 9.47 Å². The highest BCUT2D eigenvalue weighted by Gasteiger charge is 2.18. The molecule has 26 heavy (non-hydrogen) atoms. The molecule has 2 aromatic carbocycles. The number of hydrogen-bond donors (Lipinski definition) is 0. The van der Waals surface area contributed by atoms with Crippen LogP contribution in [0.3, 0.4) is 0 Å². The van der Waals surface area contributed by atoms with Gasteiger partial charge in [0.1, 0.15) is 0 Å². The number of para-hydroxylation sites is 1. The standard InChI is InChI=1S/C20H22N2O4/c1-15(23)22(13-16-8-9-18-19(12-16)26-14-25-18)11-10-20(24)21(2)17-6-4-3-5-7-17/h3-9,12H,10-11,13-14H2,1-2H3. The first-order valence-corrected chi connectivity index (χ1v) is 8.50. The Labute approximate surface area is 152 Å². The molecular weight excluding hydrogens is 332 g/mol. The summed E-state index contributed by atoms with van der Waals surface area (Å²) in [6.45, 7) is 2.52. The Morgan fingerprint density at radius 1 is 1.04 bits per heavy atom. The number of rotatable bonds is 6. The normalized spacial score (nSPS) is 11.9. The number of carbonyl (C=O) groups excluding carboxylic acids is 2. The molecule has 0 saturated carbocycles. The van der Waals surface area contributed by atoms with Crippen LogP contribution in [0.25, 0.3) is 0 Å². The van der Waals surface area contributed by atoms with Crippen LogP contribution in [0, 0.1) is 0 Å². The Kier molecular flexibility index (Phi) is 5.41. The lowest BCUT2D eigenvalue weighted by Gasteiger charge is -2.23. The molecule has 0 fully saturated rings. The molecule has 1 aliphatic heterocycles. The van der Waals surface area contributed by atoms with Crippen molar-refractivity contribution in [3.63, 3.8) is 0 Å². The van der Waals surface area contributed by atoms with E-state index in [0.29, 0.717) is 24.6 Å². The topological polar surface area (TPSA) is 59.1 Å². The molecule has 0 unspecified atom stereocenters. The highest BCUT2D eigenvalue weighted by molar-refractivity contribution is 5.93. The molecule has 0 saturated heterocycles. The molecule has 0 N–H and O–H groups in total. The number of ether oxygens (including phenoxy) is 2. The maximum Gasteiger partial charge on any atom is 0.231 e. The summed E-state index contributed by atoms with van der Waals surface area (Å²) in [5, 5.41) is 0. The van der Waals surface area contributed by atoms with Gasteiger partial charge in [0.2, 0.25) is 18.6 Å². The lowest BCUT2D eigenvalue weighted by Crippen LogP contribution is -2.34. The van der Waals surface area contributed by atoms with Crippen LogP contribution in [0.15, 0.2) is 48.5 Å². The van der Waals surface area contributed by atoms with Gasteiger partial charge in [-0.2, -0.15) is 0 Å². The summed E-state index contributed by atoms with van der Waals surface area (Å²) in [6.07, 6.45) is 0.259. The average molecular weight is 354 g/mol. The van der Waals surface area contributed by atoms with Gasteiger partial charge >= 0.3 is 0 Å².